The largest absolute Gasteiger partial charge is 0.376 e. The fourth-order valence-corrected chi connectivity index (χ4v) is 1.90. The van der Waals surface area contributed by atoms with Gasteiger partial charge in [0.2, 0.25) is 5.95 Å². The molecule has 0 amide bonds. The predicted molar refractivity (Wildman–Crippen MR) is 59.5 cm³/mol. The van der Waals surface area contributed by atoms with E-state index in [1.165, 1.54) is 6.07 Å². The molecule has 0 aliphatic carbocycles. The average Bonchev–Trinajstić information content (AvgIpc) is 2.65. The molecule has 2 rings (SSSR count). The fourth-order valence-electron chi connectivity index (χ4n) is 1.48. The van der Waals surface area contributed by atoms with E-state index in [-0.39, 0.29) is 6.10 Å². The van der Waals surface area contributed by atoms with Crippen molar-refractivity contribution in [3.05, 3.63) is 16.4 Å². The first-order valence-electron chi connectivity index (χ1n) is 4.79. The number of anilines is 1. The molecule has 1 aromatic heterocycles. The van der Waals surface area contributed by atoms with Gasteiger partial charge >= 0.3 is 0 Å². The highest BCUT2D eigenvalue weighted by Crippen LogP contribution is 2.16. The summed E-state index contributed by atoms with van der Waals surface area (Å²) in [4.78, 5) is 8.00. The van der Waals surface area contributed by atoms with Gasteiger partial charge in [0.25, 0.3) is 0 Å². The summed E-state index contributed by atoms with van der Waals surface area (Å²) >= 11 is 11.5. The van der Waals surface area contributed by atoms with Gasteiger partial charge in [-0.1, -0.05) is 23.2 Å². The van der Waals surface area contributed by atoms with Crippen LogP contribution < -0.4 is 5.32 Å². The molecular formula is C9H11Cl2N3O. The standard InChI is InChI=1S/C9H11Cl2N3O/c10-7-4-8(11)14-9(13-7)12-5-6-2-1-3-15-6/h4,6H,1-3,5H2,(H,12,13,14)/t6-/m1/s1. The molecule has 1 fully saturated rings. The van der Waals surface area contributed by atoms with E-state index in [4.69, 9.17) is 27.9 Å². The van der Waals surface area contributed by atoms with Crippen molar-refractivity contribution in [1.29, 1.82) is 0 Å². The predicted octanol–water partition coefficient (Wildman–Crippen LogP) is 2.37. The summed E-state index contributed by atoms with van der Waals surface area (Å²) in [5.74, 6) is 0.447. The van der Waals surface area contributed by atoms with Crippen LogP contribution in [0.25, 0.3) is 0 Å². The maximum atomic E-state index is 5.74. The van der Waals surface area contributed by atoms with E-state index in [0.717, 1.165) is 19.4 Å². The molecular weight excluding hydrogens is 237 g/mol. The van der Waals surface area contributed by atoms with Gasteiger partial charge in [-0.15, -0.1) is 0 Å². The molecule has 0 aromatic carbocycles. The van der Waals surface area contributed by atoms with E-state index in [1.54, 1.807) is 0 Å². The quantitative estimate of drug-likeness (QED) is 0.834. The van der Waals surface area contributed by atoms with Crippen molar-refractivity contribution in [3.63, 3.8) is 0 Å². The van der Waals surface area contributed by atoms with E-state index in [0.29, 0.717) is 22.8 Å². The Morgan fingerprint density at radius 1 is 1.40 bits per heavy atom. The third-order valence-corrected chi connectivity index (χ3v) is 2.56. The van der Waals surface area contributed by atoms with Crippen molar-refractivity contribution >= 4 is 29.2 Å². The lowest BCUT2D eigenvalue weighted by molar-refractivity contribution is 0.120. The lowest BCUT2D eigenvalue weighted by Crippen LogP contribution is -2.19. The Hall–Kier alpha value is -0.580. The molecule has 82 valence electrons. The van der Waals surface area contributed by atoms with Crippen LogP contribution in [0.5, 0.6) is 0 Å². The molecule has 0 spiro atoms. The third kappa shape index (κ3) is 3.19. The molecule has 1 aromatic rings. The Morgan fingerprint density at radius 2 is 2.13 bits per heavy atom. The number of nitrogens with zero attached hydrogens (tertiary/aromatic N) is 2. The van der Waals surface area contributed by atoms with Crippen molar-refractivity contribution in [2.75, 3.05) is 18.5 Å². The summed E-state index contributed by atoms with van der Waals surface area (Å²) in [6.45, 7) is 1.53. The van der Waals surface area contributed by atoms with E-state index < -0.39 is 0 Å². The van der Waals surface area contributed by atoms with Crippen molar-refractivity contribution in [3.8, 4) is 0 Å². The minimum Gasteiger partial charge on any atom is -0.376 e. The molecule has 1 aliphatic rings. The van der Waals surface area contributed by atoms with Gasteiger partial charge in [0.1, 0.15) is 10.3 Å². The van der Waals surface area contributed by atoms with Gasteiger partial charge in [0, 0.05) is 19.2 Å². The number of rotatable bonds is 3. The van der Waals surface area contributed by atoms with Crippen LogP contribution in [0, 0.1) is 0 Å². The molecule has 0 bridgehead atoms. The van der Waals surface area contributed by atoms with Gasteiger partial charge < -0.3 is 10.1 Å². The van der Waals surface area contributed by atoms with Crippen LogP contribution in [0.3, 0.4) is 0 Å². The summed E-state index contributed by atoms with van der Waals surface area (Å²) in [5, 5.41) is 3.73. The maximum absolute atomic E-state index is 5.74. The first-order valence-corrected chi connectivity index (χ1v) is 5.55. The summed E-state index contributed by atoms with van der Waals surface area (Å²) in [6, 6.07) is 1.50. The lowest BCUT2D eigenvalue weighted by atomic mass is 10.2. The molecule has 0 saturated carbocycles. The Labute approximate surface area is 98.0 Å². The molecule has 15 heavy (non-hydrogen) atoms. The summed E-state index contributed by atoms with van der Waals surface area (Å²) < 4.78 is 5.45. The van der Waals surface area contributed by atoms with Crippen LogP contribution >= 0.6 is 23.2 Å². The van der Waals surface area contributed by atoms with E-state index in [9.17, 15) is 0 Å². The van der Waals surface area contributed by atoms with E-state index in [2.05, 4.69) is 15.3 Å². The molecule has 0 radical (unpaired) electrons. The normalized spacial score (nSPS) is 20.5. The summed E-state index contributed by atoms with van der Waals surface area (Å²) in [5.41, 5.74) is 0. The monoisotopic (exact) mass is 247 g/mol. The number of nitrogens with one attached hydrogen (secondary N) is 1. The molecule has 0 unspecified atom stereocenters. The number of ether oxygens (including phenoxy) is 1. The van der Waals surface area contributed by atoms with Gasteiger partial charge in [-0.05, 0) is 12.8 Å². The topological polar surface area (TPSA) is 47.0 Å². The first kappa shape index (κ1) is 10.9. The van der Waals surface area contributed by atoms with Crippen LogP contribution in [-0.4, -0.2) is 29.2 Å². The number of hydrogen-bond acceptors (Lipinski definition) is 4. The zero-order chi connectivity index (χ0) is 10.7. The van der Waals surface area contributed by atoms with Crippen LogP contribution in [0.15, 0.2) is 6.07 Å². The molecule has 2 heterocycles. The van der Waals surface area contributed by atoms with Gasteiger partial charge in [0.05, 0.1) is 6.10 Å². The van der Waals surface area contributed by atoms with Crippen molar-refractivity contribution in [2.24, 2.45) is 0 Å². The second-order valence-corrected chi connectivity index (χ2v) is 4.13. The van der Waals surface area contributed by atoms with Crippen LogP contribution in [-0.2, 0) is 4.74 Å². The number of halogens is 2. The van der Waals surface area contributed by atoms with Crippen molar-refractivity contribution in [2.45, 2.75) is 18.9 Å². The smallest absolute Gasteiger partial charge is 0.225 e. The molecule has 1 N–H and O–H groups in total. The van der Waals surface area contributed by atoms with E-state index in [1.807, 2.05) is 0 Å². The third-order valence-electron chi connectivity index (χ3n) is 2.18. The van der Waals surface area contributed by atoms with Gasteiger partial charge in [-0.3, -0.25) is 0 Å². The summed E-state index contributed by atoms with van der Waals surface area (Å²) in [7, 11) is 0. The van der Waals surface area contributed by atoms with Gasteiger partial charge in [-0.25, -0.2) is 9.97 Å². The molecule has 1 saturated heterocycles. The summed E-state index contributed by atoms with van der Waals surface area (Å²) in [6.07, 6.45) is 2.43. The second kappa shape index (κ2) is 4.96. The Kier molecular flexibility index (Phi) is 3.61. The number of aromatic nitrogens is 2. The Balaban J connectivity index is 1.92. The van der Waals surface area contributed by atoms with Crippen molar-refractivity contribution in [1.82, 2.24) is 9.97 Å². The highest BCUT2D eigenvalue weighted by molar-refractivity contribution is 6.33. The number of hydrogen-bond donors (Lipinski definition) is 1. The Morgan fingerprint density at radius 3 is 2.73 bits per heavy atom. The molecule has 1 aliphatic heterocycles. The zero-order valence-corrected chi connectivity index (χ0v) is 9.55. The molecule has 4 nitrogen and oxygen atoms in total. The second-order valence-electron chi connectivity index (χ2n) is 3.35. The van der Waals surface area contributed by atoms with Gasteiger partial charge in [-0.2, -0.15) is 0 Å². The zero-order valence-electron chi connectivity index (χ0n) is 8.04. The highest BCUT2D eigenvalue weighted by atomic mass is 35.5. The average molecular weight is 248 g/mol. The maximum Gasteiger partial charge on any atom is 0.225 e. The van der Waals surface area contributed by atoms with Crippen LogP contribution in [0.4, 0.5) is 5.95 Å². The van der Waals surface area contributed by atoms with Crippen LogP contribution in [0.1, 0.15) is 12.8 Å². The minimum atomic E-state index is 0.242. The molecule has 1 atom stereocenters. The van der Waals surface area contributed by atoms with Gasteiger partial charge in [0.15, 0.2) is 0 Å². The van der Waals surface area contributed by atoms with Crippen molar-refractivity contribution < 1.29 is 4.74 Å². The highest BCUT2D eigenvalue weighted by Gasteiger charge is 2.15. The SMILES string of the molecule is Clc1cc(Cl)nc(NC[C@H]2CCCO2)n1. The lowest BCUT2D eigenvalue weighted by Gasteiger charge is -2.10. The Bertz CT molecular complexity index is 322. The van der Waals surface area contributed by atoms with Crippen LogP contribution in [0.2, 0.25) is 10.3 Å². The minimum absolute atomic E-state index is 0.242. The first-order chi connectivity index (χ1) is 7.24. The fraction of sp³-hybridized carbons (Fsp3) is 0.556. The molecule has 6 heteroatoms. The van der Waals surface area contributed by atoms with E-state index >= 15 is 0 Å².